The molecule has 0 fully saturated rings. The summed E-state index contributed by atoms with van der Waals surface area (Å²) in [7, 11) is 0. The van der Waals surface area contributed by atoms with E-state index in [1.165, 1.54) is 5.56 Å². The van der Waals surface area contributed by atoms with Gasteiger partial charge in [-0.15, -0.1) is 11.3 Å². The number of benzene rings is 1. The Kier molecular flexibility index (Phi) is 3.17. The van der Waals surface area contributed by atoms with Crippen LogP contribution in [0.15, 0.2) is 23.6 Å². The van der Waals surface area contributed by atoms with Gasteiger partial charge >= 0.3 is 0 Å². The van der Waals surface area contributed by atoms with E-state index in [1.807, 2.05) is 17.5 Å². The van der Waals surface area contributed by atoms with Crippen LogP contribution in [0.5, 0.6) is 11.5 Å². The van der Waals surface area contributed by atoms with Crippen LogP contribution in [0.25, 0.3) is 0 Å². The van der Waals surface area contributed by atoms with Crippen LogP contribution >= 0.6 is 11.3 Å². The maximum atomic E-state index is 5.57. The third kappa shape index (κ3) is 2.32. The molecule has 5 heteroatoms. The van der Waals surface area contributed by atoms with E-state index < -0.39 is 0 Å². The number of hydrogen-bond acceptors (Lipinski definition) is 5. The first kappa shape index (κ1) is 11.5. The first-order valence-electron chi connectivity index (χ1n) is 5.87. The van der Waals surface area contributed by atoms with Crippen LogP contribution < -0.4 is 15.2 Å². The molecule has 4 nitrogen and oxygen atoms in total. The molecule has 0 spiro atoms. The molecule has 2 heterocycles. The van der Waals surface area contributed by atoms with Crippen LogP contribution in [0, 0.1) is 0 Å². The van der Waals surface area contributed by atoms with Gasteiger partial charge in [-0.2, -0.15) is 0 Å². The summed E-state index contributed by atoms with van der Waals surface area (Å²) in [5.74, 6) is 1.65. The average molecular weight is 262 g/mol. The van der Waals surface area contributed by atoms with E-state index in [-0.39, 0.29) is 0 Å². The molecule has 0 amide bonds. The molecule has 0 atom stereocenters. The monoisotopic (exact) mass is 262 g/mol. The van der Waals surface area contributed by atoms with Crippen LogP contribution in [0.4, 0.5) is 0 Å². The van der Waals surface area contributed by atoms with Gasteiger partial charge in [-0.3, -0.25) is 0 Å². The third-order valence-electron chi connectivity index (χ3n) is 2.77. The van der Waals surface area contributed by atoms with E-state index in [9.17, 15) is 0 Å². The fourth-order valence-corrected chi connectivity index (χ4v) is 2.74. The normalized spacial score (nSPS) is 13.6. The average Bonchev–Trinajstić information content (AvgIpc) is 2.86. The minimum atomic E-state index is 0.498. The number of thiazole rings is 1. The second-order valence-electron chi connectivity index (χ2n) is 4.09. The lowest BCUT2D eigenvalue weighted by atomic mass is 10.1. The van der Waals surface area contributed by atoms with Gasteiger partial charge in [0.15, 0.2) is 11.5 Å². The maximum Gasteiger partial charge on any atom is 0.161 e. The number of ether oxygens (including phenoxy) is 2. The molecule has 0 saturated carbocycles. The second-order valence-corrected chi connectivity index (χ2v) is 5.03. The van der Waals surface area contributed by atoms with Crippen molar-refractivity contribution >= 4 is 11.3 Å². The Balaban J connectivity index is 1.80. The molecule has 0 unspecified atom stereocenters. The summed E-state index contributed by atoms with van der Waals surface area (Å²) in [6.07, 6.45) is 0.807. The molecule has 1 aliphatic rings. The molecular formula is C13H14N2O2S. The van der Waals surface area contributed by atoms with E-state index in [0.29, 0.717) is 19.8 Å². The third-order valence-corrected chi connectivity index (χ3v) is 3.67. The van der Waals surface area contributed by atoms with Crippen LogP contribution in [0.3, 0.4) is 0 Å². The van der Waals surface area contributed by atoms with Crippen molar-refractivity contribution in [3.8, 4) is 11.5 Å². The van der Waals surface area contributed by atoms with Crippen molar-refractivity contribution < 1.29 is 9.47 Å². The first-order chi connectivity index (χ1) is 8.85. The van der Waals surface area contributed by atoms with Gasteiger partial charge in [0.2, 0.25) is 0 Å². The predicted octanol–water partition coefficient (Wildman–Crippen LogP) is 1.96. The first-order valence-corrected chi connectivity index (χ1v) is 6.75. The number of fused-ring (bicyclic) bond motifs is 1. The van der Waals surface area contributed by atoms with Crippen molar-refractivity contribution in [3.63, 3.8) is 0 Å². The molecule has 0 bridgehead atoms. The molecule has 0 radical (unpaired) electrons. The number of nitrogens with zero attached hydrogens (tertiary/aromatic N) is 1. The lowest BCUT2D eigenvalue weighted by Gasteiger charge is -2.18. The molecule has 2 aromatic rings. The lowest BCUT2D eigenvalue weighted by Crippen LogP contribution is -2.15. The Morgan fingerprint density at radius 2 is 2.06 bits per heavy atom. The van der Waals surface area contributed by atoms with Gasteiger partial charge in [-0.05, 0) is 17.7 Å². The van der Waals surface area contributed by atoms with Crippen LogP contribution in [-0.4, -0.2) is 18.2 Å². The Labute approximate surface area is 109 Å². The predicted molar refractivity (Wildman–Crippen MR) is 70.2 cm³/mol. The van der Waals surface area contributed by atoms with Gasteiger partial charge in [-0.1, -0.05) is 6.07 Å². The smallest absolute Gasteiger partial charge is 0.161 e. The molecule has 0 aliphatic carbocycles. The maximum absolute atomic E-state index is 5.57. The summed E-state index contributed by atoms with van der Waals surface area (Å²) in [6.45, 7) is 1.74. The van der Waals surface area contributed by atoms with E-state index in [1.54, 1.807) is 11.3 Å². The van der Waals surface area contributed by atoms with Crippen LogP contribution in [0.2, 0.25) is 0 Å². The van der Waals surface area contributed by atoms with Crippen LogP contribution in [-0.2, 0) is 13.0 Å². The Morgan fingerprint density at radius 3 is 2.83 bits per heavy atom. The van der Waals surface area contributed by atoms with Gasteiger partial charge in [0.1, 0.15) is 13.2 Å². The van der Waals surface area contributed by atoms with Gasteiger partial charge in [0, 0.05) is 18.3 Å². The summed E-state index contributed by atoms with van der Waals surface area (Å²) in [5, 5.41) is 3.08. The minimum absolute atomic E-state index is 0.498. The molecule has 1 aromatic carbocycles. The number of nitrogens with two attached hydrogens (primary N) is 1. The fraction of sp³-hybridized carbons (Fsp3) is 0.308. The van der Waals surface area contributed by atoms with Crippen molar-refractivity contribution in [2.75, 3.05) is 13.2 Å². The number of rotatable bonds is 3. The molecule has 0 saturated heterocycles. The van der Waals surface area contributed by atoms with E-state index in [2.05, 4.69) is 11.1 Å². The quantitative estimate of drug-likeness (QED) is 0.918. The van der Waals surface area contributed by atoms with E-state index in [4.69, 9.17) is 15.2 Å². The number of hydrogen-bond donors (Lipinski definition) is 1. The van der Waals surface area contributed by atoms with E-state index in [0.717, 1.165) is 28.6 Å². The second kappa shape index (κ2) is 4.96. The Hall–Kier alpha value is -1.59. The van der Waals surface area contributed by atoms with Gasteiger partial charge in [-0.25, -0.2) is 4.98 Å². The topological polar surface area (TPSA) is 57.4 Å². The van der Waals surface area contributed by atoms with E-state index >= 15 is 0 Å². The summed E-state index contributed by atoms with van der Waals surface area (Å²) in [5.41, 5.74) is 7.68. The Bertz CT molecular complexity index is 554. The highest BCUT2D eigenvalue weighted by Gasteiger charge is 2.12. The van der Waals surface area contributed by atoms with Crippen LogP contribution in [0.1, 0.15) is 16.3 Å². The van der Waals surface area contributed by atoms with Crippen molar-refractivity contribution in [1.82, 2.24) is 4.98 Å². The number of aromatic nitrogens is 1. The summed E-state index contributed by atoms with van der Waals surface area (Å²) in [4.78, 5) is 4.46. The fourth-order valence-electron chi connectivity index (χ4n) is 1.90. The van der Waals surface area contributed by atoms with Crippen molar-refractivity contribution in [2.45, 2.75) is 13.0 Å². The highest BCUT2D eigenvalue weighted by Crippen LogP contribution is 2.31. The summed E-state index contributed by atoms with van der Waals surface area (Å²) in [6, 6.07) is 6.04. The zero-order valence-electron chi connectivity index (χ0n) is 9.89. The van der Waals surface area contributed by atoms with Gasteiger partial charge in [0.25, 0.3) is 0 Å². The molecule has 18 heavy (non-hydrogen) atoms. The van der Waals surface area contributed by atoms with Crippen molar-refractivity contribution in [1.29, 1.82) is 0 Å². The minimum Gasteiger partial charge on any atom is -0.486 e. The van der Waals surface area contributed by atoms with Gasteiger partial charge in [0.05, 0.1) is 10.7 Å². The zero-order chi connectivity index (χ0) is 12.4. The zero-order valence-corrected chi connectivity index (χ0v) is 10.7. The summed E-state index contributed by atoms with van der Waals surface area (Å²) < 4.78 is 11.1. The highest BCUT2D eigenvalue weighted by molar-refractivity contribution is 7.09. The van der Waals surface area contributed by atoms with Crippen molar-refractivity contribution in [2.24, 2.45) is 5.73 Å². The molecule has 2 N–H and O–H groups in total. The van der Waals surface area contributed by atoms with Crippen molar-refractivity contribution in [3.05, 3.63) is 39.8 Å². The lowest BCUT2D eigenvalue weighted by molar-refractivity contribution is 0.171. The molecule has 1 aromatic heterocycles. The Morgan fingerprint density at radius 1 is 1.22 bits per heavy atom. The summed E-state index contributed by atoms with van der Waals surface area (Å²) >= 11 is 1.64. The highest BCUT2D eigenvalue weighted by atomic mass is 32.1. The largest absolute Gasteiger partial charge is 0.486 e. The standard InChI is InChI=1S/C13H14N2O2S/c14-7-10-8-18-13(15-10)6-9-1-2-11-12(5-9)17-4-3-16-11/h1-2,5,8H,3-4,6-7,14H2. The van der Waals surface area contributed by atoms with Gasteiger partial charge < -0.3 is 15.2 Å². The SMILES string of the molecule is NCc1csc(Cc2ccc3c(c2)OCCO3)n1. The molecular weight excluding hydrogens is 248 g/mol. The molecule has 1 aliphatic heterocycles. The molecule has 94 valence electrons. The molecule has 3 rings (SSSR count).